The first-order chi connectivity index (χ1) is 9.59. The van der Waals surface area contributed by atoms with Crippen molar-refractivity contribution in [2.75, 3.05) is 0 Å². The van der Waals surface area contributed by atoms with Crippen LogP contribution < -0.4 is 5.56 Å². The summed E-state index contributed by atoms with van der Waals surface area (Å²) in [6.07, 6.45) is 1.25. The Balaban J connectivity index is 2.49. The summed E-state index contributed by atoms with van der Waals surface area (Å²) in [7, 11) is 1.64. The molecule has 6 nitrogen and oxygen atoms in total. The highest BCUT2D eigenvalue weighted by molar-refractivity contribution is 7.71. The standard InChI is InChI=1S/C13H10N4O2S/c1-17-8-5-3-2-4-7(8)10(18)9(12(17)19)11-14-6-15-13(20)16-11/h2-6,18H,1H3,(H,14,15,16,20). The Morgan fingerprint density at radius 3 is 2.80 bits per heavy atom. The maximum Gasteiger partial charge on any atom is 0.265 e. The van der Waals surface area contributed by atoms with Gasteiger partial charge in [-0.1, -0.05) is 12.1 Å². The van der Waals surface area contributed by atoms with Gasteiger partial charge in [0.2, 0.25) is 0 Å². The van der Waals surface area contributed by atoms with E-state index in [0.717, 1.165) is 0 Å². The zero-order chi connectivity index (χ0) is 14.3. The van der Waals surface area contributed by atoms with Crippen LogP contribution in [0.2, 0.25) is 0 Å². The van der Waals surface area contributed by atoms with Gasteiger partial charge in [-0.05, 0) is 24.4 Å². The van der Waals surface area contributed by atoms with Crippen LogP contribution in [0.5, 0.6) is 5.75 Å². The molecule has 0 saturated heterocycles. The molecule has 0 saturated carbocycles. The third kappa shape index (κ3) is 1.79. The first-order valence-corrected chi connectivity index (χ1v) is 6.23. The predicted octanol–water partition coefficient (Wildman–Crippen LogP) is 1.76. The molecule has 2 aromatic heterocycles. The van der Waals surface area contributed by atoms with Gasteiger partial charge in [0.1, 0.15) is 17.6 Å². The summed E-state index contributed by atoms with van der Waals surface area (Å²) in [4.78, 5) is 22.9. The maximum absolute atomic E-state index is 12.4. The van der Waals surface area contributed by atoms with Gasteiger partial charge in [-0.25, -0.2) is 9.97 Å². The Hall–Kier alpha value is -2.54. The van der Waals surface area contributed by atoms with Crippen LogP contribution in [0.25, 0.3) is 22.3 Å². The number of benzene rings is 1. The van der Waals surface area contributed by atoms with E-state index < -0.39 is 0 Å². The van der Waals surface area contributed by atoms with E-state index in [2.05, 4.69) is 15.0 Å². The van der Waals surface area contributed by atoms with Crippen molar-refractivity contribution in [3.05, 3.63) is 45.7 Å². The lowest BCUT2D eigenvalue weighted by molar-refractivity contribution is 0.481. The molecule has 2 heterocycles. The smallest absolute Gasteiger partial charge is 0.265 e. The molecule has 0 amide bonds. The molecule has 3 rings (SSSR count). The molecular formula is C13H10N4O2S. The van der Waals surface area contributed by atoms with Crippen LogP contribution >= 0.6 is 12.2 Å². The van der Waals surface area contributed by atoms with Crippen molar-refractivity contribution in [1.82, 2.24) is 19.5 Å². The van der Waals surface area contributed by atoms with Crippen molar-refractivity contribution >= 4 is 23.1 Å². The van der Waals surface area contributed by atoms with Gasteiger partial charge in [0.05, 0.1) is 5.52 Å². The normalized spacial score (nSPS) is 10.8. The van der Waals surface area contributed by atoms with E-state index in [1.165, 1.54) is 10.9 Å². The molecule has 7 heteroatoms. The van der Waals surface area contributed by atoms with Crippen LogP contribution in [0.4, 0.5) is 0 Å². The number of fused-ring (bicyclic) bond motifs is 1. The molecule has 0 spiro atoms. The van der Waals surface area contributed by atoms with Crippen LogP contribution in [0.15, 0.2) is 35.4 Å². The molecule has 0 aliphatic rings. The number of para-hydroxylation sites is 1. The largest absolute Gasteiger partial charge is 0.506 e. The van der Waals surface area contributed by atoms with E-state index in [9.17, 15) is 9.90 Å². The highest BCUT2D eigenvalue weighted by Gasteiger charge is 2.17. The summed E-state index contributed by atoms with van der Waals surface area (Å²) in [5.41, 5.74) is 0.372. The van der Waals surface area contributed by atoms with Gasteiger partial charge in [0, 0.05) is 12.4 Å². The Morgan fingerprint density at radius 1 is 1.30 bits per heavy atom. The number of hydrogen-bond donors (Lipinski definition) is 2. The van der Waals surface area contributed by atoms with Crippen LogP contribution in [0, 0.1) is 4.77 Å². The quantitative estimate of drug-likeness (QED) is 0.666. The first-order valence-electron chi connectivity index (χ1n) is 5.82. The number of aromatic amines is 1. The lowest BCUT2D eigenvalue weighted by atomic mass is 10.1. The fourth-order valence-corrected chi connectivity index (χ4v) is 2.27. The second-order valence-electron chi connectivity index (χ2n) is 4.26. The maximum atomic E-state index is 12.4. The molecule has 3 aromatic rings. The highest BCUT2D eigenvalue weighted by Crippen LogP contribution is 2.30. The number of hydrogen-bond acceptors (Lipinski definition) is 5. The van der Waals surface area contributed by atoms with E-state index in [4.69, 9.17) is 12.2 Å². The van der Waals surface area contributed by atoms with Gasteiger partial charge in [0.15, 0.2) is 10.6 Å². The molecule has 2 N–H and O–H groups in total. The molecule has 0 radical (unpaired) electrons. The van der Waals surface area contributed by atoms with Crippen LogP contribution in [-0.2, 0) is 7.05 Å². The number of aromatic nitrogens is 4. The summed E-state index contributed by atoms with van der Waals surface area (Å²) < 4.78 is 1.66. The van der Waals surface area contributed by atoms with Gasteiger partial charge < -0.3 is 14.7 Å². The third-order valence-electron chi connectivity index (χ3n) is 3.10. The summed E-state index contributed by atoms with van der Waals surface area (Å²) in [5, 5.41) is 10.9. The Morgan fingerprint density at radius 2 is 2.05 bits per heavy atom. The molecule has 20 heavy (non-hydrogen) atoms. The second-order valence-corrected chi connectivity index (χ2v) is 4.64. The van der Waals surface area contributed by atoms with Crippen molar-refractivity contribution < 1.29 is 5.11 Å². The molecule has 1 aromatic carbocycles. The van der Waals surface area contributed by atoms with Crippen LogP contribution in [0.1, 0.15) is 0 Å². The highest BCUT2D eigenvalue weighted by atomic mass is 32.1. The molecule has 0 aliphatic carbocycles. The van der Waals surface area contributed by atoms with Crippen molar-refractivity contribution in [3.63, 3.8) is 0 Å². The molecule has 0 aliphatic heterocycles. The fourth-order valence-electron chi connectivity index (χ4n) is 2.12. The van der Waals surface area contributed by atoms with Gasteiger partial charge in [-0.15, -0.1) is 0 Å². The number of rotatable bonds is 1. The predicted molar refractivity (Wildman–Crippen MR) is 77.1 cm³/mol. The fraction of sp³-hybridized carbons (Fsp3) is 0.0769. The number of pyridine rings is 1. The van der Waals surface area contributed by atoms with Crippen molar-refractivity contribution in [3.8, 4) is 17.1 Å². The number of nitrogens with zero attached hydrogens (tertiary/aromatic N) is 3. The summed E-state index contributed by atoms with van der Waals surface area (Å²) in [6, 6.07) is 7.10. The number of H-pyrrole nitrogens is 1. The second kappa shape index (κ2) is 4.53. The Kier molecular flexibility index (Phi) is 2.83. The Bertz CT molecular complexity index is 930. The number of aryl methyl sites for hydroxylation is 1. The van der Waals surface area contributed by atoms with Crippen LogP contribution in [0.3, 0.4) is 0 Å². The lowest BCUT2D eigenvalue weighted by Crippen LogP contribution is -2.20. The minimum absolute atomic E-state index is 0.0831. The van der Waals surface area contributed by atoms with Crippen molar-refractivity contribution in [1.29, 1.82) is 0 Å². The SMILES string of the molecule is Cn1c(=O)c(-c2ncnc(=S)[nH]2)c(O)c2ccccc21. The summed E-state index contributed by atoms with van der Waals surface area (Å²) >= 11 is 4.92. The average molecular weight is 286 g/mol. The molecule has 100 valence electrons. The molecule has 0 fully saturated rings. The first kappa shape index (κ1) is 12.5. The summed E-state index contributed by atoms with van der Waals surface area (Å²) in [5.74, 6) is 0.0851. The van der Waals surface area contributed by atoms with Gasteiger partial charge >= 0.3 is 0 Å². The zero-order valence-corrected chi connectivity index (χ0v) is 11.3. The number of nitrogens with one attached hydrogen (secondary N) is 1. The molecule has 0 unspecified atom stereocenters. The summed E-state index contributed by atoms with van der Waals surface area (Å²) in [6.45, 7) is 0. The average Bonchev–Trinajstić information content (AvgIpc) is 2.45. The lowest BCUT2D eigenvalue weighted by Gasteiger charge is -2.10. The minimum Gasteiger partial charge on any atom is -0.506 e. The van der Waals surface area contributed by atoms with E-state index in [-0.39, 0.29) is 27.5 Å². The van der Waals surface area contributed by atoms with Crippen molar-refractivity contribution in [2.45, 2.75) is 0 Å². The topological polar surface area (TPSA) is 83.8 Å². The molecule has 0 bridgehead atoms. The van der Waals surface area contributed by atoms with E-state index in [1.54, 1.807) is 31.3 Å². The number of aromatic hydroxyl groups is 1. The van der Waals surface area contributed by atoms with Gasteiger partial charge in [0.25, 0.3) is 5.56 Å². The monoisotopic (exact) mass is 286 g/mol. The molecular weight excluding hydrogens is 276 g/mol. The van der Waals surface area contributed by atoms with Crippen LogP contribution in [-0.4, -0.2) is 24.6 Å². The van der Waals surface area contributed by atoms with E-state index >= 15 is 0 Å². The van der Waals surface area contributed by atoms with E-state index in [1.807, 2.05) is 0 Å². The zero-order valence-electron chi connectivity index (χ0n) is 10.5. The van der Waals surface area contributed by atoms with Gasteiger partial charge in [-0.3, -0.25) is 4.79 Å². The van der Waals surface area contributed by atoms with E-state index in [0.29, 0.717) is 10.9 Å². The third-order valence-corrected chi connectivity index (χ3v) is 3.31. The van der Waals surface area contributed by atoms with Crippen molar-refractivity contribution in [2.24, 2.45) is 7.05 Å². The molecule has 0 atom stereocenters. The minimum atomic E-state index is -0.356. The Labute approximate surface area is 118 Å². The van der Waals surface area contributed by atoms with Gasteiger partial charge in [-0.2, -0.15) is 0 Å².